The van der Waals surface area contributed by atoms with Crippen LogP contribution in [0.5, 0.6) is 5.75 Å². The number of benzene rings is 1. The van der Waals surface area contributed by atoms with Crippen molar-refractivity contribution in [1.82, 2.24) is 14.9 Å². The second kappa shape index (κ2) is 9.78. The van der Waals surface area contributed by atoms with E-state index < -0.39 is 0 Å². The van der Waals surface area contributed by atoms with E-state index in [9.17, 15) is 4.79 Å². The molecule has 0 unspecified atom stereocenters. The van der Waals surface area contributed by atoms with Gasteiger partial charge in [-0.1, -0.05) is 18.2 Å². The number of carbonyl (C=O) groups excluding carboxylic acids is 1. The minimum Gasteiger partial charge on any atom is -0.496 e. The van der Waals surface area contributed by atoms with Gasteiger partial charge in [-0.05, 0) is 38.2 Å². The molecule has 1 N–H and O–H groups in total. The molecule has 1 amide bonds. The highest BCUT2D eigenvalue weighted by molar-refractivity contribution is 5.79. The van der Waals surface area contributed by atoms with E-state index in [1.54, 1.807) is 13.4 Å². The summed E-state index contributed by atoms with van der Waals surface area (Å²) in [5, 5.41) is 3.55. The number of piperidine rings is 2. The van der Waals surface area contributed by atoms with Crippen molar-refractivity contribution in [2.75, 3.05) is 43.5 Å². The molecule has 1 aromatic carbocycles. The third-order valence-electron chi connectivity index (χ3n) is 6.07. The zero-order valence-electron chi connectivity index (χ0n) is 17.7. The average molecular weight is 410 g/mol. The van der Waals surface area contributed by atoms with Crippen molar-refractivity contribution in [3.8, 4) is 5.75 Å². The standard InChI is InChI=1S/C23H31N5O2/c1-30-20-8-4-3-7-18(20)15-23(29)28-13-9-19(10-14-28)26-21-16-22(25-17-24-21)27-11-5-2-6-12-27/h3-4,7-8,16-17,19H,2,5-6,9-15H2,1H3,(H,24,25,26). The maximum atomic E-state index is 12.7. The summed E-state index contributed by atoms with van der Waals surface area (Å²) < 4.78 is 5.37. The maximum Gasteiger partial charge on any atom is 0.227 e. The minimum absolute atomic E-state index is 0.160. The van der Waals surface area contributed by atoms with Crippen molar-refractivity contribution < 1.29 is 9.53 Å². The molecule has 7 nitrogen and oxygen atoms in total. The zero-order chi connectivity index (χ0) is 20.8. The number of amides is 1. The number of hydrogen-bond donors (Lipinski definition) is 1. The second-order valence-corrected chi connectivity index (χ2v) is 8.10. The van der Waals surface area contributed by atoms with Crippen LogP contribution in [0.2, 0.25) is 0 Å². The summed E-state index contributed by atoms with van der Waals surface area (Å²) in [5.74, 6) is 2.82. The maximum absolute atomic E-state index is 12.7. The molecular weight excluding hydrogens is 378 g/mol. The van der Waals surface area contributed by atoms with Gasteiger partial charge in [0.15, 0.2) is 0 Å². The Hall–Kier alpha value is -2.83. The number of nitrogens with zero attached hydrogens (tertiary/aromatic N) is 4. The van der Waals surface area contributed by atoms with Crippen molar-refractivity contribution in [1.29, 1.82) is 0 Å². The normalized spacial score (nSPS) is 17.6. The van der Waals surface area contributed by atoms with Gasteiger partial charge >= 0.3 is 0 Å². The molecule has 2 saturated heterocycles. The molecule has 30 heavy (non-hydrogen) atoms. The van der Waals surface area contributed by atoms with Gasteiger partial charge in [0.2, 0.25) is 5.91 Å². The quantitative estimate of drug-likeness (QED) is 0.791. The van der Waals surface area contributed by atoms with Crippen molar-refractivity contribution in [2.45, 2.75) is 44.6 Å². The van der Waals surface area contributed by atoms with Crippen LogP contribution in [0, 0.1) is 0 Å². The highest BCUT2D eigenvalue weighted by Gasteiger charge is 2.24. The summed E-state index contributed by atoms with van der Waals surface area (Å²) in [6.07, 6.45) is 7.63. The number of ether oxygens (including phenoxy) is 1. The van der Waals surface area contributed by atoms with Crippen LogP contribution in [0.15, 0.2) is 36.7 Å². The van der Waals surface area contributed by atoms with Crippen LogP contribution in [0.4, 0.5) is 11.6 Å². The zero-order valence-corrected chi connectivity index (χ0v) is 17.7. The Bertz CT molecular complexity index is 845. The Morgan fingerprint density at radius 1 is 1.10 bits per heavy atom. The molecule has 0 radical (unpaired) electrons. The fraction of sp³-hybridized carbons (Fsp3) is 0.522. The lowest BCUT2D eigenvalue weighted by atomic mass is 10.0. The smallest absolute Gasteiger partial charge is 0.227 e. The average Bonchev–Trinajstić information content (AvgIpc) is 2.80. The van der Waals surface area contributed by atoms with Crippen LogP contribution in [0.25, 0.3) is 0 Å². The van der Waals surface area contributed by atoms with E-state index in [-0.39, 0.29) is 5.91 Å². The molecule has 7 heteroatoms. The van der Waals surface area contributed by atoms with Gasteiger partial charge in [-0.2, -0.15) is 0 Å². The van der Waals surface area contributed by atoms with Gasteiger partial charge in [-0.3, -0.25) is 4.79 Å². The third kappa shape index (κ3) is 5.01. The van der Waals surface area contributed by atoms with Crippen LogP contribution in [-0.2, 0) is 11.2 Å². The number of methoxy groups -OCH3 is 1. The number of carbonyl (C=O) groups is 1. The molecule has 160 valence electrons. The van der Waals surface area contributed by atoms with Crippen molar-refractivity contribution in [3.05, 3.63) is 42.2 Å². The van der Waals surface area contributed by atoms with Gasteiger partial charge in [0.1, 0.15) is 23.7 Å². The Balaban J connectivity index is 1.29. The second-order valence-electron chi connectivity index (χ2n) is 8.10. The minimum atomic E-state index is 0.160. The Morgan fingerprint density at radius 2 is 1.87 bits per heavy atom. The predicted octanol–water partition coefficient (Wildman–Crippen LogP) is 3.12. The van der Waals surface area contributed by atoms with Crippen LogP contribution >= 0.6 is 0 Å². The van der Waals surface area contributed by atoms with Gasteiger partial charge in [0, 0.05) is 43.9 Å². The molecular formula is C23H31N5O2. The predicted molar refractivity (Wildman–Crippen MR) is 118 cm³/mol. The van der Waals surface area contributed by atoms with E-state index in [0.717, 1.165) is 62.0 Å². The molecule has 0 saturated carbocycles. The van der Waals surface area contributed by atoms with E-state index in [0.29, 0.717) is 12.5 Å². The SMILES string of the molecule is COc1ccccc1CC(=O)N1CCC(Nc2cc(N3CCCCC3)ncn2)CC1. The molecule has 2 aliphatic heterocycles. The number of rotatable bonds is 6. The first-order valence-electron chi connectivity index (χ1n) is 11.0. The number of para-hydroxylation sites is 1. The summed E-state index contributed by atoms with van der Waals surface area (Å²) >= 11 is 0. The molecule has 3 heterocycles. The first-order valence-corrected chi connectivity index (χ1v) is 11.0. The number of nitrogens with one attached hydrogen (secondary N) is 1. The molecule has 2 fully saturated rings. The first kappa shape index (κ1) is 20.4. The fourth-order valence-electron chi connectivity index (χ4n) is 4.33. The summed E-state index contributed by atoms with van der Waals surface area (Å²) in [4.78, 5) is 25.9. The molecule has 0 aliphatic carbocycles. The van der Waals surface area contributed by atoms with Crippen molar-refractivity contribution >= 4 is 17.5 Å². The van der Waals surface area contributed by atoms with Gasteiger partial charge in [0.25, 0.3) is 0 Å². The molecule has 4 rings (SSSR count). The summed E-state index contributed by atoms with van der Waals surface area (Å²) in [6.45, 7) is 3.66. The molecule has 2 aliphatic rings. The lowest BCUT2D eigenvalue weighted by Gasteiger charge is -2.33. The number of anilines is 2. The Labute approximate surface area is 178 Å². The van der Waals surface area contributed by atoms with E-state index in [2.05, 4.69) is 26.3 Å². The van der Waals surface area contributed by atoms with E-state index >= 15 is 0 Å². The molecule has 0 atom stereocenters. The molecule has 2 aromatic rings. The summed E-state index contributed by atoms with van der Waals surface area (Å²) in [5.41, 5.74) is 0.941. The van der Waals surface area contributed by atoms with E-state index in [1.807, 2.05) is 29.2 Å². The van der Waals surface area contributed by atoms with Gasteiger partial charge in [-0.15, -0.1) is 0 Å². The van der Waals surface area contributed by atoms with Gasteiger partial charge in [-0.25, -0.2) is 9.97 Å². The molecule has 1 aromatic heterocycles. The number of hydrogen-bond acceptors (Lipinski definition) is 6. The molecule has 0 spiro atoms. The van der Waals surface area contributed by atoms with Crippen LogP contribution in [0.1, 0.15) is 37.7 Å². The third-order valence-corrected chi connectivity index (χ3v) is 6.07. The monoisotopic (exact) mass is 409 g/mol. The lowest BCUT2D eigenvalue weighted by Crippen LogP contribution is -2.43. The Kier molecular flexibility index (Phi) is 6.67. The number of likely N-dealkylation sites (tertiary alicyclic amines) is 1. The van der Waals surface area contributed by atoms with Crippen molar-refractivity contribution in [3.63, 3.8) is 0 Å². The van der Waals surface area contributed by atoms with Gasteiger partial charge in [0.05, 0.1) is 13.5 Å². The van der Waals surface area contributed by atoms with Crippen LogP contribution < -0.4 is 15.0 Å². The number of aromatic nitrogens is 2. The first-order chi connectivity index (χ1) is 14.7. The lowest BCUT2D eigenvalue weighted by molar-refractivity contribution is -0.131. The highest BCUT2D eigenvalue weighted by atomic mass is 16.5. The van der Waals surface area contributed by atoms with E-state index in [1.165, 1.54) is 19.3 Å². The Morgan fingerprint density at radius 3 is 2.63 bits per heavy atom. The molecule has 0 bridgehead atoms. The van der Waals surface area contributed by atoms with Crippen LogP contribution in [-0.4, -0.2) is 60.1 Å². The van der Waals surface area contributed by atoms with E-state index in [4.69, 9.17) is 4.74 Å². The van der Waals surface area contributed by atoms with Gasteiger partial charge < -0.3 is 19.9 Å². The summed E-state index contributed by atoms with van der Waals surface area (Å²) in [7, 11) is 1.64. The van der Waals surface area contributed by atoms with Crippen LogP contribution in [0.3, 0.4) is 0 Å². The summed E-state index contributed by atoms with van der Waals surface area (Å²) in [6, 6.07) is 10.1. The van der Waals surface area contributed by atoms with Crippen molar-refractivity contribution in [2.24, 2.45) is 0 Å². The fourth-order valence-corrected chi connectivity index (χ4v) is 4.33. The highest BCUT2D eigenvalue weighted by Crippen LogP contribution is 2.23. The largest absolute Gasteiger partial charge is 0.496 e. The topological polar surface area (TPSA) is 70.6 Å².